The molecule has 3 aromatic heterocycles. The van der Waals surface area contributed by atoms with Crippen molar-refractivity contribution in [2.45, 2.75) is 13.3 Å². The molecule has 32 heavy (non-hydrogen) atoms. The lowest BCUT2D eigenvalue weighted by Gasteiger charge is -2.07. The van der Waals surface area contributed by atoms with E-state index < -0.39 is 0 Å². The van der Waals surface area contributed by atoms with Gasteiger partial charge in [-0.2, -0.15) is 0 Å². The molecule has 1 amide bonds. The molecule has 160 valence electrons. The number of carbonyl (C=O) groups is 1. The molecule has 0 spiro atoms. The highest BCUT2D eigenvalue weighted by atomic mass is 16.1. The second-order valence-corrected chi connectivity index (χ2v) is 7.79. The van der Waals surface area contributed by atoms with Crippen LogP contribution in [0.4, 0.5) is 5.69 Å². The molecule has 3 heterocycles. The minimum absolute atomic E-state index is 0.324. The number of aryl methyl sites for hydroxylation is 1. The Hall–Kier alpha value is -3.95. The average Bonchev–Trinajstić information content (AvgIpc) is 3.22. The summed E-state index contributed by atoms with van der Waals surface area (Å²) < 4.78 is 0. The van der Waals surface area contributed by atoms with Crippen molar-refractivity contribution in [2.75, 3.05) is 26.0 Å². The summed E-state index contributed by atoms with van der Waals surface area (Å²) in [5.74, 6) is 5.13. The zero-order chi connectivity index (χ0) is 22.5. The number of amides is 1. The molecule has 0 saturated heterocycles. The van der Waals surface area contributed by atoms with Gasteiger partial charge in [-0.05, 0) is 67.9 Å². The summed E-state index contributed by atoms with van der Waals surface area (Å²) >= 11 is 0. The fraction of sp³-hybridized carbons (Fsp3) is 0.192. The van der Waals surface area contributed by atoms with Crippen molar-refractivity contribution in [3.05, 3.63) is 66.7 Å². The lowest BCUT2D eigenvalue weighted by molar-refractivity contribution is -0.111. The Labute approximate surface area is 187 Å². The first-order chi connectivity index (χ1) is 15.5. The van der Waals surface area contributed by atoms with Gasteiger partial charge in [0.05, 0.1) is 6.54 Å². The molecule has 1 aromatic carbocycles. The molecular formula is C26H25N5O. The minimum atomic E-state index is -0.324. The highest BCUT2D eigenvalue weighted by Gasteiger charge is 2.10. The largest absolute Gasteiger partial charge is 0.346 e. The average molecular weight is 424 g/mol. The molecule has 6 heteroatoms. The Morgan fingerprint density at radius 3 is 2.78 bits per heavy atom. The molecule has 0 bridgehead atoms. The Kier molecular flexibility index (Phi) is 6.29. The molecule has 0 fully saturated rings. The van der Waals surface area contributed by atoms with Crippen molar-refractivity contribution in [3.8, 4) is 34.1 Å². The predicted molar refractivity (Wildman–Crippen MR) is 129 cm³/mol. The fourth-order valence-electron chi connectivity index (χ4n) is 3.46. The smallest absolute Gasteiger partial charge is 0.300 e. The van der Waals surface area contributed by atoms with Gasteiger partial charge in [0, 0.05) is 46.5 Å². The van der Waals surface area contributed by atoms with Crippen LogP contribution < -0.4 is 5.32 Å². The van der Waals surface area contributed by atoms with Crippen LogP contribution in [0, 0.1) is 11.8 Å². The maximum Gasteiger partial charge on any atom is 0.300 e. The number of pyridine rings is 2. The Morgan fingerprint density at radius 2 is 1.97 bits per heavy atom. The fourth-order valence-corrected chi connectivity index (χ4v) is 3.46. The standard InChI is InChI=1S/C26H25N5O/c1-4-21-14-19(10-11-27-21)24-17-29-26-23(24)15-20(16-28-26)18-7-5-8-22(13-18)30-25(32)9-6-12-31(2)3/h5,7-8,10-11,13-17H,4,12H2,1-3H3,(H,28,29)(H,30,32). The Morgan fingerprint density at radius 1 is 1.09 bits per heavy atom. The van der Waals surface area contributed by atoms with Gasteiger partial charge in [0.25, 0.3) is 5.91 Å². The van der Waals surface area contributed by atoms with Gasteiger partial charge in [0.1, 0.15) is 5.65 Å². The normalized spacial score (nSPS) is 10.8. The molecule has 0 aliphatic rings. The first kappa shape index (κ1) is 21.3. The minimum Gasteiger partial charge on any atom is -0.346 e. The molecule has 0 radical (unpaired) electrons. The number of H-pyrrole nitrogens is 1. The zero-order valence-corrected chi connectivity index (χ0v) is 18.4. The number of aromatic nitrogens is 3. The Balaban J connectivity index is 1.63. The zero-order valence-electron chi connectivity index (χ0n) is 18.4. The number of benzene rings is 1. The summed E-state index contributed by atoms with van der Waals surface area (Å²) in [5.41, 5.74) is 6.72. The van der Waals surface area contributed by atoms with Crippen LogP contribution in [0.25, 0.3) is 33.3 Å². The number of nitrogens with one attached hydrogen (secondary N) is 2. The Bertz CT molecular complexity index is 1330. The predicted octanol–water partition coefficient (Wildman–Crippen LogP) is 4.36. The van der Waals surface area contributed by atoms with Gasteiger partial charge < -0.3 is 10.3 Å². The SMILES string of the molecule is CCc1cc(-c2c[nH]c3ncc(-c4cccc(NC(=O)C#CCN(C)C)c4)cc23)ccn1. The quantitative estimate of drug-likeness (QED) is 0.468. The number of anilines is 1. The molecule has 6 nitrogen and oxygen atoms in total. The number of hydrogen-bond donors (Lipinski definition) is 2. The van der Waals surface area contributed by atoms with E-state index >= 15 is 0 Å². The topological polar surface area (TPSA) is 73.9 Å². The third-order valence-corrected chi connectivity index (χ3v) is 5.07. The van der Waals surface area contributed by atoms with Crippen molar-refractivity contribution in [1.29, 1.82) is 0 Å². The van der Waals surface area contributed by atoms with Gasteiger partial charge >= 0.3 is 0 Å². The van der Waals surface area contributed by atoms with Crippen LogP contribution >= 0.6 is 0 Å². The van der Waals surface area contributed by atoms with Gasteiger partial charge in [-0.15, -0.1) is 0 Å². The van der Waals surface area contributed by atoms with E-state index in [2.05, 4.69) is 51.2 Å². The van der Waals surface area contributed by atoms with Crippen LogP contribution in [0.2, 0.25) is 0 Å². The highest BCUT2D eigenvalue weighted by molar-refractivity contribution is 6.04. The van der Waals surface area contributed by atoms with Crippen LogP contribution in [0.3, 0.4) is 0 Å². The molecule has 0 unspecified atom stereocenters. The van der Waals surface area contributed by atoms with Crippen molar-refractivity contribution >= 4 is 22.6 Å². The van der Waals surface area contributed by atoms with Crippen molar-refractivity contribution in [2.24, 2.45) is 0 Å². The number of fused-ring (bicyclic) bond motifs is 1. The first-order valence-corrected chi connectivity index (χ1v) is 10.5. The van der Waals surface area contributed by atoms with Crippen molar-refractivity contribution in [3.63, 3.8) is 0 Å². The number of hydrogen-bond acceptors (Lipinski definition) is 4. The van der Waals surface area contributed by atoms with Crippen molar-refractivity contribution in [1.82, 2.24) is 19.9 Å². The third kappa shape index (κ3) is 4.85. The van der Waals surface area contributed by atoms with Gasteiger partial charge in [0.15, 0.2) is 0 Å². The molecular weight excluding hydrogens is 398 g/mol. The van der Waals surface area contributed by atoms with Gasteiger partial charge in [0.2, 0.25) is 0 Å². The molecule has 0 aliphatic carbocycles. The van der Waals surface area contributed by atoms with Crippen molar-refractivity contribution < 1.29 is 4.79 Å². The molecule has 4 aromatic rings. The van der Waals surface area contributed by atoms with Crippen LogP contribution in [-0.2, 0) is 11.2 Å². The molecule has 2 N–H and O–H groups in total. The maximum absolute atomic E-state index is 12.1. The van der Waals surface area contributed by atoms with E-state index in [4.69, 9.17) is 0 Å². The van der Waals surface area contributed by atoms with E-state index in [1.165, 1.54) is 0 Å². The van der Waals surface area contributed by atoms with E-state index in [1.54, 1.807) is 0 Å². The van der Waals surface area contributed by atoms with E-state index in [1.807, 2.05) is 67.9 Å². The van der Waals surface area contributed by atoms with Crippen LogP contribution in [-0.4, -0.2) is 46.4 Å². The third-order valence-electron chi connectivity index (χ3n) is 5.07. The van der Waals surface area contributed by atoms with E-state index in [0.717, 1.165) is 45.4 Å². The number of nitrogens with zero attached hydrogens (tertiary/aromatic N) is 3. The van der Waals surface area contributed by atoms with Gasteiger partial charge in [-0.1, -0.05) is 25.0 Å². The summed E-state index contributed by atoms with van der Waals surface area (Å²) in [6.45, 7) is 2.63. The summed E-state index contributed by atoms with van der Waals surface area (Å²) in [7, 11) is 3.82. The summed E-state index contributed by atoms with van der Waals surface area (Å²) in [6, 6.07) is 14.0. The first-order valence-electron chi connectivity index (χ1n) is 10.5. The molecule has 0 atom stereocenters. The summed E-state index contributed by atoms with van der Waals surface area (Å²) in [5, 5.41) is 3.88. The number of rotatable bonds is 5. The van der Waals surface area contributed by atoms with Crippen LogP contribution in [0.15, 0.2) is 61.1 Å². The van der Waals surface area contributed by atoms with E-state index in [-0.39, 0.29) is 5.91 Å². The van der Waals surface area contributed by atoms with E-state index in [0.29, 0.717) is 12.2 Å². The number of carbonyl (C=O) groups excluding carboxylic acids is 1. The molecule has 0 aliphatic heterocycles. The van der Waals surface area contributed by atoms with E-state index in [9.17, 15) is 4.79 Å². The monoisotopic (exact) mass is 423 g/mol. The van der Waals surface area contributed by atoms with Crippen LogP contribution in [0.5, 0.6) is 0 Å². The van der Waals surface area contributed by atoms with Gasteiger partial charge in [-0.25, -0.2) is 4.98 Å². The molecule has 4 rings (SSSR count). The second kappa shape index (κ2) is 9.46. The van der Waals surface area contributed by atoms with Crippen LogP contribution in [0.1, 0.15) is 12.6 Å². The van der Waals surface area contributed by atoms with Gasteiger partial charge in [-0.3, -0.25) is 14.7 Å². The molecule has 0 saturated carbocycles. The highest BCUT2D eigenvalue weighted by Crippen LogP contribution is 2.31. The number of aromatic amines is 1. The lowest BCUT2D eigenvalue weighted by atomic mass is 10.0. The second-order valence-electron chi connectivity index (χ2n) is 7.79. The summed E-state index contributed by atoms with van der Waals surface area (Å²) in [6.07, 6.45) is 6.55. The lowest BCUT2D eigenvalue weighted by Crippen LogP contribution is -2.13. The maximum atomic E-state index is 12.1. The summed E-state index contributed by atoms with van der Waals surface area (Å²) in [4.78, 5) is 26.3.